The molecule has 158 valence electrons. The second-order valence-electron chi connectivity index (χ2n) is 8.13. The van der Waals surface area contributed by atoms with Gasteiger partial charge in [0, 0.05) is 25.4 Å². The molecule has 0 bridgehead atoms. The van der Waals surface area contributed by atoms with Gasteiger partial charge < -0.3 is 4.57 Å². The number of fused-ring (bicyclic) bond motifs is 1. The van der Waals surface area contributed by atoms with Crippen molar-refractivity contribution in [3.8, 4) is 0 Å². The van der Waals surface area contributed by atoms with Crippen LogP contribution < -0.4 is 0 Å². The summed E-state index contributed by atoms with van der Waals surface area (Å²) >= 11 is 1.57. The molecule has 2 aromatic carbocycles. The number of thioether (sulfide) groups is 1. The predicted molar refractivity (Wildman–Crippen MR) is 116 cm³/mol. The number of hydrogen-bond donors (Lipinski definition) is 0. The highest BCUT2D eigenvalue weighted by atomic mass is 32.2. The van der Waals surface area contributed by atoms with Crippen molar-refractivity contribution >= 4 is 32.8 Å². The van der Waals surface area contributed by atoms with E-state index in [1.54, 1.807) is 40.3 Å². The molecule has 1 saturated heterocycles. The Balaban J connectivity index is 1.48. The monoisotopic (exact) mass is 445 g/mol. The van der Waals surface area contributed by atoms with Crippen LogP contribution in [0.4, 0.5) is 4.39 Å². The van der Waals surface area contributed by atoms with Crippen LogP contribution in [0.25, 0.3) is 11.0 Å². The Morgan fingerprint density at radius 2 is 1.90 bits per heavy atom. The van der Waals surface area contributed by atoms with E-state index in [1.165, 1.54) is 18.9 Å². The van der Waals surface area contributed by atoms with Crippen molar-refractivity contribution in [1.29, 1.82) is 0 Å². The third kappa shape index (κ3) is 4.00. The third-order valence-corrected chi connectivity index (χ3v) is 8.72. The molecule has 0 atom stereocenters. The minimum atomic E-state index is -3.47. The summed E-state index contributed by atoms with van der Waals surface area (Å²) in [5.74, 6) is 1.03. The van der Waals surface area contributed by atoms with Crippen molar-refractivity contribution in [1.82, 2.24) is 13.9 Å². The van der Waals surface area contributed by atoms with Crippen LogP contribution in [0.2, 0.25) is 0 Å². The van der Waals surface area contributed by atoms with Gasteiger partial charge >= 0.3 is 0 Å². The molecule has 1 aromatic heterocycles. The first-order chi connectivity index (χ1) is 14.5. The van der Waals surface area contributed by atoms with Crippen LogP contribution in [-0.2, 0) is 22.3 Å². The fourth-order valence-corrected chi connectivity index (χ4v) is 6.45. The summed E-state index contributed by atoms with van der Waals surface area (Å²) in [6.07, 6.45) is 4.26. The molecule has 0 radical (unpaired) electrons. The molecule has 0 N–H and O–H groups in total. The van der Waals surface area contributed by atoms with Crippen LogP contribution >= 0.6 is 11.8 Å². The molecular weight excluding hydrogens is 421 g/mol. The molecule has 2 aliphatic rings. The minimum Gasteiger partial charge on any atom is -0.319 e. The Morgan fingerprint density at radius 1 is 1.10 bits per heavy atom. The number of hydrogen-bond acceptors (Lipinski definition) is 4. The van der Waals surface area contributed by atoms with Gasteiger partial charge in [-0.05, 0) is 67.5 Å². The van der Waals surface area contributed by atoms with Crippen molar-refractivity contribution < 1.29 is 12.8 Å². The standard InChI is InChI=1S/C22H24FN3O2S2/c23-18-5-3-4-17(12-18)15-29-22-24-20-13-19(30(27,28)25-10-1-2-11-25)8-9-21(20)26(22)14-16-6-7-16/h3-5,8-9,12-13,16H,1-2,6-7,10-11,14-15H2. The molecule has 2 fully saturated rings. The molecular formula is C22H24FN3O2S2. The second-order valence-corrected chi connectivity index (χ2v) is 11.0. The van der Waals surface area contributed by atoms with Crippen LogP contribution in [0, 0.1) is 11.7 Å². The number of imidazole rings is 1. The van der Waals surface area contributed by atoms with E-state index >= 15 is 0 Å². The van der Waals surface area contributed by atoms with Crippen LogP contribution in [0.15, 0.2) is 52.5 Å². The van der Waals surface area contributed by atoms with E-state index in [2.05, 4.69) is 4.57 Å². The van der Waals surface area contributed by atoms with Gasteiger partial charge in [-0.3, -0.25) is 0 Å². The average Bonchev–Trinajstić information content (AvgIpc) is 3.24. The number of benzene rings is 2. The molecule has 3 aromatic rings. The third-order valence-electron chi connectivity index (χ3n) is 5.78. The molecule has 0 spiro atoms. The Labute approximate surface area is 180 Å². The molecule has 5 nitrogen and oxygen atoms in total. The van der Waals surface area contributed by atoms with Gasteiger partial charge in [-0.1, -0.05) is 23.9 Å². The topological polar surface area (TPSA) is 55.2 Å². The smallest absolute Gasteiger partial charge is 0.243 e. The van der Waals surface area contributed by atoms with E-state index in [0.717, 1.165) is 35.6 Å². The highest BCUT2D eigenvalue weighted by Crippen LogP contribution is 2.36. The van der Waals surface area contributed by atoms with Crippen LogP contribution in [0.5, 0.6) is 0 Å². The zero-order valence-corrected chi connectivity index (χ0v) is 18.3. The van der Waals surface area contributed by atoms with Gasteiger partial charge in [0.05, 0.1) is 15.9 Å². The van der Waals surface area contributed by atoms with E-state index < -0.39 is 10.0 Å². The summed E-state index contributed by atoms with van der Waals surface area (Å²) < 4.78 is 43.2. The lowest BCUT2D eigenvalue weighted by Gasteiger charge is -2.15. The first-order valence-electron chi connectivity index (χ1n) is 10.4. The zero-order chi connectivity index (χ0) is 20.7. The molecule has 8 heteroatoms. The van der Waals surface area contributed by atoms with Crippen molar-refractivity contribution in [2.75, 3.05) is 13.1 Å². The van der Waals surface area contributed by atoms with Crippen molar-refractivity contribution in [3.05, 3.63) is 53.8 Å². The molecule has 0 amide bonds. The van der Waals surface area contributed by atoms with Crippen LogP contribution in [0.1, 0.15) is 31.2 Å². The Bertz CT molecular complexity index is 1180. The van der Waals surface area contributed by atoms with Gasteiger partial charge in [-0.2, -0.15) is 4.31 Å². The highest BCUT2D eigenvalue weighted by Gasteiger charge is 2.29. The number of sulfonamides is 1. The Hall–Kier alpha value is -1.90. The van der Waals surface area contributed by atoms with Crippen LogP contribution in [-0.4, -0.2) is 35.4 Å². The Kier molecular flexibility index (Phi) is 5.33. The lowest BCUT2D eigenvalue weighted by molar-refractivity contribution is 0.477. The lowest BCUT2D eigenvalue weighted by atomic mass is 10.2. The van der Waals surface area contributed by atoms with E-state index in [0.29, 0.717) is 35.2 Å². The minimum absolute atomic E-state index is 0.239. The van der Waals surface area contributed by atoms with E-state index in [9.17, 15) is 12.8 Å². The maximum Gasteiger partial charge on any atom is 0.243 e. The fourth-order valence-electron chi connectivity index (χ4n) is 3.95. The second kappa shape index (κ2) is 7.98. The summed E-state index contributed by atoms with van der Waals surface area (Å²) in [6, 6.07) is 11.9. The van der Waals surface area contributed by atoms with Gasteiger partial charge in [0.15, 0.2) is 5.16 Å². The van der Waals surface area contributed by atoms with E-state index in [-0.39, 0.29) is 5.82 Å². The quantitative estimate of drug-likeness (QED) is 0.496. The maximum atomic E-state index is 13.5. The first-order valence-corrected chi connectivity index (χ1v) is 12.8. The molecule has 30 heavy (non-hydrogen) atoms. The zero-order valence-electron chi connectivity index (χ0n) is 16.6. The Morgan fingerprint density at radius 3 is 2.63 bits per heavy atom. The van der Waals surface area contributed by atoms with Gasteiger partial charge in [-0.25, -0.2) is 17.8 Å². The largest absolute Gasteiger partial charge is 0.319 e. The maximum absolute atomic E-state index is 13.5. The van der Waals surface area contributed by atoms with Crippen molar-refractivity contribution in [2.24, 2.45) is 5.92 Å². The fraction of sp³-hybridized carbons (Fsp3) is 0.409. The van der Waals surface area contributed by atoms with Gasteiger partial charge in [-0.15, -0.1) is 0 Å². The number of aromatic nitrogens is 2. The summed E-state index contributed by atoms with van der Waals surface area (Å²) in [5.41, 5.74) is 2.57. The van der Waals surface area contributed by atoms with E-state index in [4.69, 9.17) is 4.98 Å². The summed E-state index contributed by atoms with van der Waals surface area (Å²) in [5, 5.41) is 0.858. The molecule has 1 saturated carbocycles. The molecule has 0 unspecified atom stereocenters. The molecule has 1 aliphatic heterocycles. The summed E-state index contributed by atoms with van der Waals surface area (Å²) in [7, 11) is -3.47. The number of rotatable bonds is 7. The van der Waals surface area contributed by atoms with Crippen LogP contribution in [0.3, 0.4) is 0 Å². The molecule has 5 rings (SSSR count). The number of nitrogens with zero attached hydrogens (tertiary/aromatic N) is 3. The molecule has 2 heterocycles. The van der Waals surface area contributed by atoms with Crippen molar-refractivity contribution in [3.63, 3.8) is 0 Å². The number of halogens is 1. The van der Waals surface area contributed by atoms with Gasteiger partial charge in [0.1, 0.15) is 5.82 Å². The first kappa shape index (κ1) is 20.0. The summed E-state index contributed by atoms with van der Waals surface area (Å²) in [6.45, 7) is 2.07. The van der Waals surface area contributed by atoms with Gasteiger partial charge in [0.25, 0.3) is 0 Å². The lowest BCUT2D eigenvalue weighted by Crippen LogP contribution is -2.27. The molecule has 1 aliphatic carbocycles. The highest BCUT2D eigenvalue weighted by molar-refractivity contribution is 7.98. The van der Waals surface area contributed by atoms with E-state index in [1.807, 2.05) is 12.1 Å². The van der Waals surface area contributed by atoms with Gasteiger partial charge in [0.2, 0.25) is 10.0 Å². The SMILES string of the molecule is O=S(=O)(c1ccc2c(c1)nc(SCc1cccc(F)c1)n2CC1CC1)N1CCCC1. The predicted octanol–water partition coefficient (Wildman–Crippen LogP) is 4.66. The van der Waals surface area contributed by atoms with Crippen molar-refractivity contribution in [2.45, 2.75) is 48.0 Å². The summed E-state index contributed by atoms with van der Waals surface area (Å²) in [4.78, 5) is 5.10. The normalized spacial score (nSPS) is 17.8. The average molecular weight is 446 g/mol.